The average molecular weight is 434 g/mol. The molecule has 1 amide bonds. The molecular weight excluding hydrogens is 416 g/mol. The molecule has 1 heterocycles. The fourth-order valence-electron chi connectivity index (χ4n) is 2.83. The lowest BCUT2D eigenvalue weighted by molar-refractivity contribution is 0.102. The van der Waals surface area contributed by atoms with Gasteiger partial charge in [-0.3, -0.25) is 9.59 Å². The van der Waals surface area contributed by atoms with Crippen LogP contribution in [0.25, 0.3) is 0 Å². The summed E-state index contributed by atoms with van der Waals surface area (Å²) in [5.74, 6) is -1.13. The van der Waals surface area contributed by atoms with Gasteiger partial charge in [0.2, 0.25) is 0 Å². The summed E-state index contributed by atoms with van der Waals surface area (Å²) in [7, 11) is 0. The Balaban J connectivity index is 1.84. The Kier molecular flexibility index (Phi) is 6.25. The molecule has 0 spiro atoms. The number of hydrogen-bond donors (Lipinski definition) is 3. The topological polar surface area (TPSA) is 74.0 Å². The predicted molar refractivity (Wildman–Crippen MR) is 115 cm³/mol. The molecule has 29 heavy (non-hydrogen) atoms. The number of anilines is 2. The van der Waals surface area contributed by atoms with Crippen molar-refractivity contribution in [3.8, 4) is 0 Å². The number of nitrogens with one attached hydrogen (secondary N) is 3. The van der Waals surface area contributed by atoms with Crippen LogP contribution in [0.2, 0.25) is 10.0 Å². The summed E-state index contributed by atoms with van der Waals surface area (Å²) >= 11 is 12.2. The van der Waals surface area contributed by atoms with Crippen molar-refractivity contribution in [3.05, 3.63) is 91.6 Å². The summed E-state index contributed by atoms with van der Waals surface area (Å²) in [6.45, 7) is 3.67. The lowest BCUT2D eigenvalue weighted by Crippen LogP contribution is -2.23. The molecule has 0 saturated carbocycles. The van der Waals surface area contributed by atoms with Crippen LogP contribution in [0.4, 0.5) is 15.8 Å². The van der Waals surface area contributed by atoms with E-state index in [0.29, 0.717) is 22.0 Å². The number of pyridine rings is 1. The van der Waals surface area contributed by atoms with E-state index in [1.54, 1.807) is 19.1 Å². The molecule has 0 aliphatic rings. The summed E-state index contributed by atoms with van der Waals surface area (Å²) in [4.78, 5) is 27.2. The van der Waals surface area contributed by atoms with E-state index >= 15 is 0 Å². The number of aromatic amines is 1. The number of carbonyl (C=O) groups excluding carboxylic acids is 1. The van der Waals surface area contributed by atoms with Gasteiger partial charge in [-0.2, -0.15) is 0 Å². The van der Waals surface area contributed by atoms with Crippen molar-refractivity contribution in [2.24, 2.45) is 0 Å². The van der Waals surface area contributed by atoms with Gasteiger partial charge in [0.1, 0.15) is 11.4 Å². The highest BCUT2D eigenvalue weighted by atomic mass is 35.5. The van der Waals surface area contributed by atoms with Gasteiger partial charge in [0.25, 0.3) is 11.5 Å². The third-order valence-electron chi connectivity index (χ3n) is 4.35. The number of H-pyrrole nitrogens is 1. The third-order valence-corrected chi connectivity index (χ3v) is 5.07. The van der Waals surface area contributed by atoms with Crippen LogP contribution in [0.15, 0.2) is 53.5 Å². The first-order valence-corrected chi connectivity index (χ1v) is 9.52. The first-order valence-electron chi connectivity index (χ1n) is 8.77. The van der Waals surface area contributed by atoms with Crippen molar-refractivity contribution in [2.45, 2.75) is 19.9 Å². The van der Waals surface area contributed by atoms with E-state index in [9.17, 15) is 14.0 Å². The lowest BCUT2D eigenvalue weighted by Gasteiger charge is -2.19. The van der Waals surface area contributed by atoms with Crippen LogP contribution in [0, 0.1) is 12.7 Å². The minimum absolute atomic E-state index is 0.0702. The van der Waals surface area contributed by atoms with E-state index in [2.05, 4.69) is 15.6 Å². The van der Waals surface area contributed by atoms with Gasteiger partial charge in [-0.05, 0) is 44.2 Å². The van der Waals surface area contributed by atoms with E-state index in [1.165, 1.54) is 24.4 Å². The van der Waals surface area contributed by atoms with Gasteiger partial charge >= 0.3 is 0 Å². The maximum absolute atomic E-state index is 13.8. The zero-order valence-corrected chi connectivity index (χ0v) is 17.2. The SMILES string of the molecule is Cc1ccc(NC(=O)c2cc(N[C@H](C)c3c(Cl)ccc(F)c3Cl)c[nH]c2=O)cc1. The van der Waals surface area contributed by atoms with Crippen LogP contribution < -0.4 is 16.2 Å². The lowest BCUT2D eigenvalue weighted by atomic mass is 10.1. The maximum Gasteiger partial charge on any atom is 0.261 e. The molecule has 0 saturated heterocycles. The quantitative estimate of drug-likeness (QED) is 0.461. The second kappa shape index (κ2) is 8.68. The fourth-order valence-corrected chi connectivity index (χ4v) is 3.53. The van der Waals surface area contributed by atoms with Crippen molar-refractivity contribution < 1.29 is 9.18 Å². The van der Waals surface area contributed by atoms with Crippen molar-refractivity contribution in [1.82, 2.24) is 4.98 Å². The molecule has 0 radical (unpaired) electrons. The first kappa shape index (κ1) is 20.9. The molecule has 150 valence electrons. The minimum atomic E-state index is -0.584. The van der Waals surface area contributed by atoms with E-state index in [-0.39, 0.29) is 10.6 Å². The molecule has 8 heteroatoms. The summed E-state index contributed by atoms with van der Waals surface area (Å²) in [5, 5.41) is 5.98. The third kappa shape index (κ3) is 4.78. The van der Waals surface area contributed by atoms with Gasteiger partial charge in [-0.1, -0.05) is 40.9 Å². The summed E-state index contributed by atoms with van der Waals surface area (Å²) < 4.78 is 13.8. The van der Waals surface area contributed by atoms with Crippen LogP contribution in [0.5, 0.6) is 0 Å². The van der Waals surface area contributed by atoms with Crippen molar-refractivity contribution in [1.29, 1.82) is 0 Å². The second-order valence-electron chi connectivity index (χ2n) is 6.57. The normalized spacial score (nSPS) is 11.8. The largest absolute Gasteiger partial charge is 0.377 e. The average Bonchev–Trinajstić information content (AvgIpc) is 2.68. The Hall–Kier alpha value is -2.83. The van der Waals surface area contributed by atoms with Crippen LogP contribution in [-0.4, -0.2) is 10.9 Å². The van der Waals surface area contributed by atoms with Gasteiger partial charge in [-0.25, -0.2) is 4.39 Å². The fraction of sp³-hybridized carbons (Fsp3) is 0.143. The number of aromatic nitrogens is 1. The Morgan fingerprint density at radius 1 is 1.10 bits per heavy atom. The first-order chi connectivity index (χ1) is 13.8. The molecule has 5 nitrogen and oxygen atoms in total. The highest BCUT2D eigenvalue weighted by Crippen LogP contribution is 2.33. The van der Waals surface area contributed by atoms with Gasteiger partial charge < -0.3 is 15.6 Å². The number of benzene rings is 2. The van der Waals surface area contributed by atoms with E-state index in [1.807, 2.05) is 19.1 Å². The van der Waals surface area contributed by atoms with Crippen LogP contribution in [-0.2, 0) is 0 Å². The van der Waals surface area contributed by atoms with E-state index in [4.69, 9.17) is 23.2 Å². The minimum Gasteiger partial charge on any atom is -0.377 e. The van der Waals surface area contributed by atoms with Crippen LogP contribution in [0.1, 0.15) is 34.5 Å². The van der Waals surface area contributed by atoms with E-state index in [0.717, 1.165) is 5.56 Å². The van der Waals surface area contributed by atoms with Gasteiger partial charge in [0.05, 0.1) is 16.8 Å². The van der Waals surface area contributed by atoms with Crippen molar-refractivity contribution >= 4 is 40.5 Å². The molecule has 1 aromatic heterocycles. The molecule has 0 unspecified atom stereocenters. The molecule has 3 rings (SSSR count). The Bertz CT molecular complexity index is 1110. The monoisotopic (exact) mass is 433 g/mol. The molecule has 0 bridgehead atoms. The number of hydrogen-bond acceptors (Lipinski definition) is 3. The van der Waals surface area contributed by atoms with Gasteiger partial charge in [-0.15, -0.1) is 0 Å². The smallest absolute Gasteiger partial charge is 0.261 e. The highest BCUT2D eigenvalue weighted by Gasteiger charge is 2.18. The standard InChI is InChI=1S/C21H18Cl2FN3O2/c1-11-3-5-13(6-4-11)27-21(29)15-9-14(10-25-20(15)28)26-12(2)18-16(22)7-8-17(24)19(18)23/h3-10,12,26H,1-2H3,(H,25,28)(H,27,29)/t12-/m1/s1. The molecule has 0 aliphatic heterocycles. The Morgan fingerprint density at radius 2 is 1.79 bits per heavy atom. The zero-order chi connectivity index (χ0) is 21.1. The Morgan fingerprint density at radius 3 is 2.48 bits per heavy atom. The summed E-state index contributed by atoms with van der Waals surface area (Å²) in [5.41, 5.74) is 1.85. The number of aryl methyl sites for hydroxylation is 1. The van der Waals surface area contributed by atoms with Gasteiger partial charge in [0.15, 0.2) is 0 Å². The summed E-state index contributed by atoms with van der Waals surface area (Å²) in [6, 6.07) is 10.7. The molecule has 0 fully saturated rings. The van der Waals surface area contributed by atoms with Crippen molar-refractivity contribution in [3.63, 3.8) is 0 Å². The molecule has 3 aromatic rings. The predicted octanol–water partition coefficient (Wildman–Crippen LogP) is 5.55. The Labute approximate surface area is 176 Å². The van der Waals surface area contributed by atoms with Gasteiger partial charge in [0, 0.05) is 22.5 Å². The highest BCUT2D eigenvalue weighted by molar-refractivity contribution is 6.36. The van der Waals surface area contributed by atoms with E-state index < -0.39 is 23.3 Å². The molecule has 3 N–H and O–H groups in total. The van der Waals surface area contributed by atoms with Crippen LogP contribution >= 0.6 is 23.2 Å². The number of rotatable bonds is 5. The van der Waals surface area contributed by atoms with Crippen LogP contribution in [0.3, 0.4) is 0 Å². The summed E-state index contributed by atoms with van der Waals surface area (Å²) in [6.07, 6.45) is 1.42. The second-order valence-corrected chi connectivity index (χ2v) is 7.36. The number of carbonyl (C=O) groups is 1. The molecular formula is C21H18Cl2FN3O2. The molecule has 0 aliphatic carbocycles. The number of halogens is 3. The molecule has 2 aromatic carbocycles. The van der Waals surface area contributed by atoms with Crippen molar-refractivity contribution in [2.75, 3.05) is 10.6 Å². The zero-order valence-electron chi connectivity index (χ0n) is 15.6. The molecule has 1 atom stereocenters. The maximum atomic E-state index is 13.8. The number of amides is 1.